The molecule has 2 aromatic rings. The van der Waals surface area contributed by atoms with Crippen molar-refractivity contribution in [3.8, 4) is 5.75 Å². The smallest absolute Gasteiger partial charge is 0.234 e. The molecular formula is C16H16BrNO2S. The van der Waals surface area contributed by atoms with Gasteiger partial charge in [0.2, 0.25) is 5.91 Å². The quantitative estimate of drug-likeness (QED) is 0.792. The number of ether oxygens (including phenoxy) is 1. The van der Waals surface area contributed by atoms with E-state index in [1.807, 2.05) is 43.3 Å². The van der Waals surface area contributed by atoms with E-state index < -0.39 is 0 Å². The summed E-state index contributed by atoms with van der Waals surface area (Å²) in [5.74, 6) is 1.06. The lowest BCUT2D eigenvalue weighted by atomic mass is 10.2. The van der Waals surface area contributed by atoms with Crippen LogP contribution < -0.4 is 10.1 Å². The van der Waals surface area contributed by atoms with Gasteiger partial charge in [-0.05, 0) is 36.8 Å². The highest BCUT2D eigenvalue weighted by atomic mass is 79.9. The van der Waals surface area contributed by atoms with Crippen LogP contribution >= 0.6 is 27.7 Å². The summed E-state index contributed by atoms with van der Waals surface area (Å²) in [6, 6.07) is 13.4. The van der Waals surface area contributed by atoms with Crippen molar-refractivity contribution < 1.29 is 9.53 Å². The van der Waals surface area contributed by atoms with E-state index in [-0.39, 0.29) is 5.91 Å². The van der Waals surface area contributed by atoms with E-state index in [4.69, 9.17) is 4.74 Å². The summed E-state index contributed by atoms with van der Waals surface area (Å²) in [5.41, 5.74) is 1.91. The minimum Gasteiger partial charge on any atom is -0.497 e. The van der Waals surface area contributed by atoms with Crippen molar-refractivity contribution in [2.24, 2.45) is 0 Å². The third kappa shape index (κ3) is 4.79. The first kappa shape index (κ1) is 15.9. The van der Waals surface area contributed by atoms with Crippen LogP contribution in [0.5, 0.6) is 5.75 Å². The molecule has 0 unspecified atom stereocenters. The Morgan fingerprint density at radius 1 is 1.29 bits per heavy atom. The number of halogens is 1. The van der Waals surface area contributed by atoms with Crippen molar-refractivity contribution in [2.75, 3.05) is 18.2 Å². The van der Waals surface area contributed by atoms with Gasteiger partial charge in [-0.15, -0.1) is 11.8 Å². The van der Waals surface area contributed by atoms with E-state index in [1.54, 1.807) is 13.2 Å². The van der Waals surface area contributed by atoms with Gasteiger partial charge in [-0.3, -0.25) is 4.79 Å². The van der Waals surface area contributed by atoms with E-state index in [0.29, 0.717) is 5.75 Å². The fourth-order valence-corrected chi connectivity index (χ4v) is 3.15. The van der Waals surface area contributed by atoms with Crippen molar-refractivity contribution >= 4 is 39.3 Å². The lowest BCUT2D eigenvalue weighted by Crippen LogP contribution is -2.14. The Morgan fingerprint density at radius 2 is 2.10 bits per heavy atom. The van der Waals surface area contributed by atoms with Gasteiger partial charge in [0.15, 0.2) is 0 Å². The molecule has 0 atom stereocenters. The number of hydrogen-bond acceptors (Lipinski definition) is 3. The average molecular weight is 366 g/mol. The largest absolute Gasteiger partial charge is 0.497 e. The monoisotopic (exact) mass is 365 g/mol. The minimum atomic E-state index is -0.0346. The molecule has 21 heavy (non-hydrogen) atoms. The summed E-state index contributed by atoms with van der Waals surface area (Å²) < 4.78 is 6.15. The molecule has 0 spiro atoms. The van der Waals surface area contributed by atoms with Crippen LogP contribution in [0.3, 0.4) is 0 Å². The summed E-state index contributed by atoms with van der Waals surface area (Å²) in [6.45, 7) is 2.04. The van der Waals surface area contributed by atoms with Crippen LogP contribution in [0.4, 0.5) is 5.69 Å². The first-order valence-electron chi connectivity index (χ1n) is 6.41. The van der Waals surface area contributed by atoms with Crippen molar-refractivity contribution in [1.29, 1.82) is 0 Å². The van der Waals surface area contributed by atoms with Crippen LogP contribution in [-0.4, -0.2) is 18.8 Å². The van der Waals surface area contributed by atoms with Crippen molar-refractivity contribution in [1.82, 2.24) is 0 Å². The van der Waals surface area contributed by atoms with E-state index in [0.717, 1.165) is 26.4 Å². The standard InChI is InChI=1S/C16H16BrNO2S/c1-11-6-7-12(17)8-15(11)21-10-16(19)18-13-4-3-5-14(9-13)20-2/h3-9H,10H2,1-2H3,(H,18,19). The number of benzene rings is 2. The SMILES string of the molecule is COc1cccc(NC(=O)CSc2cc(Br)ccc2C)c1. The molecule has 110 valence electrons. The number of amides is 1. The molecule has 0 aliphatic carbocycles. The Morgan fingerprint density at radius 3 is 2.86 bits per heavy atom. The van der Waals surface area contributed by atoms with Crippen molar-refractivity contribution in [3.63, 3.8) is 0 Å². The number of thioether (sulfide) groups is 1. The summed E-state index contributed by atoms with van der Waals surface area (Å²) in [4.78, 5) is 13.1. The van der Waals surface area contributed by atoms with Crippen LogP contribution in [0.15, 0.2) is 51.8 Å². The maximum Gasteiger partial charge on any atom is 0.234 e. The number of nitrogens with one attached hydrogen (secondary N) is 1. The van der Waals surface area contributed by atoms with Crippen LogP contribution in [0.1, 0.15) is 5.56 Å². The van der Waals surface area contributed by atoms with Gasteiger partial charge in [0.1, 0.15) is 5.75 Å². The molecule has 1 amide bonds. The predicted molar refractivity (Wildman–Crippen MR) is 91.2 cm³/mol. The molecule has 0 aliphatic rings. The molecule has 0 aromatic heterocycles. The second kappa shape index (κ2) is 7.52. The maximum atomic E-state index is 12.0. The third-order valence-corrected chi connectivity index (χ3v) is 4.51. The highest BCUT2D eigenvalue weighted by Gasteiger charge is 2.06. The fraction of sp³-hybridized carbons (Fsp3) is 0.188. The molecule has 1 N–H and O–H groups in total. The predicted octanol–water partition coefficient (Wildman–Crippen LogP) is 4.50. The lowest BCUT2D eigenvalue weighted by Gasteiger charge is -2.08. The summed E-state index contributed by atoms with van der Waals surface area (Å²) in [5, 5.41) is 2.87. The van der Waals surface area contributed by atoms with Crippen molar-refractivity contribution in [2.45, 2.75) is 11.8 Å². The Kier molecular flexibility index (Phi) is 5.70. The average Bonchev–Trinajstić information content (AvgIpc) is 2.48. The van der Waals surface area contributed by atoms with Crippen LogP contribution in [0.2, 0.25) is 0 Å². The Hall–Kier alpha value is -1.46. The molecule has 2 aromatic carbocycles. The number of carbonyl (C=O) groups excluding carboxylic acids is 1. The third-order valence-electron chi connectivity index (χ3n) is 2.86. The number of hydrogen-bond donors (Lipinski definition) is 1. The van der Waals surface area contributed by atoms with Crippen LogP contribution in [-0.2, 0) is 4.79 Å². The van der Waals surface area contributed by atoms with E-state index in [2.05, 4.69) is 21.2 Å². The summed E-state index contributed by atoms with van der Waals surface area (Å²) >= 11 is 4.97. The van der Waals surface area contributed by atoms with Gasteiger partial charge >= 0.3 is 0 Å². The van der Waals surface area contributed by atoms with Gasteiger partial charge in [-0.2, -0.15) is 0 Å². The second-order valence-corrected chi connectivity index (χ2v) is 6.41. The zero-order valence-corrected chi connectivity index (χ0v) is 14.3. The molecule has 5 heteroatoms. The normalized spacial score (nSPS) is 10.2. The molecule has 0 saturated heterocycles. The highest BCUT2D eigenvalue weighted by Crippen LogP contribution is 2.26. The van der Waals surface area contributed by atoms with Gasteiger partial charge in [0.25, 0.3) is 0 Å². The van der Waals surface area contributed by atoms with E-state index in [9.17, 15) is 4.79 Å². The first-order chi connectivity index (χ1) is 10.1. The zero-order valence-electron chi connectivity index (χ0n) is 11.9. The molecule has 0 aliphatic heterocycles. The second-order valence-electron chi connectivity index (χ2n) is 4.48. The van der Waals surface area contributed by atoms with Gasteiger partial charge in [0, 0.05) is 21.1 Å². The minimum absolute atomic E-state index is 0.0346. The molecule has 0 radical (unpaired) electrons. The van der Waals surface area contributed by atoms with Gasteiger partial charge in [0.05, 0.1) is 12.9 Å². The summed E-state index contributed by atoms with van der Waals surface area (Å²) in [7, 11) is 1.60. The van der Waals surface area contributed by atoms with Gasteiger partial charge < -0.3 is 10.1 Å². The van der Waals surface area contributed by atoms with Gasteiger partial charge in [-0.1, -0.05) is 28.1 Å². The zero-order chi connectivity index (χ0) is 15.2. The number of rotatable bonds is 5. The lowest BCUT2D eigenvalue weighted by molar-refractivity contribution is -0.113. The van der Waals surface area contributed by atoms with Crippen molar-refractivity contribution in [3.05, 3.63) is 52.5 Å². The highest BCUT2D eigenvalue weighted by molar-refractivity contribution is 9.10. The Bertz CT molecular complexity index is 646. The van der Waals surface area contributed by atoms with E-state index >= 15 is 0 Å². The Labute approximate surface area is 137 Å². The molecule has 0 bridgehead atoms. The molecular weight excluding hydrogens is 350 g/mol. The van der Waals surface area contributed by atoms with Gasteiger partial charge in [-0.25, -0.2) is 0 Å². The topological polar surface area (TPSA) is 38.3 Å². The van der Waals surface area contributed by atoms with Crippen LogP contribution in [0, 0.1) is 6.92 Å². The molecule has 2 rings (SSSR count). The number of anilines is 1. The van der Waals surface area contributed by atoms with E-state index in [1.165, 1.54) is 11.8 Å². The molecule has 0 heterocycles. The number of aryl methyl sites for hydroxylation is 1. The molecule has 0 fully saturated rings. The molecule has 3 nitrogen and oxygen atoms in total. The maximum absolute atomic E-state index is 12.0. The summed E-state index contributed by atoms with van der Waals surface area (Å²) in [6.07, 6.45) is 0. The fourth-order valence-electron chi connectivity index (χ4n) is 1.77. The molecule has 0 saturated carbocycles. The number of carbonyl (C=O) groups is 1. The first-order valence-corrected chi connectivity index (χ1v) is 8.19. The number of methoxy groups -OCH3 is 1. The Balaban J connectivity index is 1.94. The van der Waals surface area contributed by atoms with Crippen LogP contribution in [0.25, 0.3) is 0 Å².